The monoisotopic (exact) mass is 595 g/mol. The normalized spacial score (nSPS) is 11.2. The predicted octanol–water partition coefficient (Wildman–Crippen LogP) is 5.17. The molecule has 222 valence electrons. The first-order valence-electron chi connectivity index (χ1n) is 13.5. The molecule has 1 N–H and O–H groups in total. The molecule has 0 aliphatic heterocycles. The maximum Gasteiger partial charge on any atom is 0.417 e. The highest BCUT2D eigenvalue weighted by Gasteiger charge is 2.19. The van der Waals surface area contributed by atoms with Crippen molar-refractivity contribution < 1.29 is 18.7 Å². The molecule has 44 heavy (non-hydrogen) atoms. The number of aryl methyl sites for hydroxylation is 1. The molecule has 6 aromatic rings. The molecule has 0 aliphatic rings. The summed E-state index contributed by atoms with van der Waals surface area (Å²) in [5, 5.41) is 6.90. The van der Waals surface area contributed by atoms with Gasteiger partial charge in [-0.3, -0.25) is 14.7 Å². The van der Waals surface area contributed by atoms with Gasteiger partial charge in [0, 0.05) is 36.7 Å². The molecule has 2 aromatic carbocycles. The van der Waals surface area contributed by atoms with E-state index in [2.05, 4.69) is 15.4 Å². The van der Waals surface area contributed by atoms with Crippen molar-refractivity contribution in [3.8, 4) is 34.2 Å². The van der Waals surface area contributed by atoms with E-state index in [0.717, 1.165) is 33.5 Å². The fourth-order valence-electron chi connectivity index (χ4n) is 4.56. The van der Waals surface area contributed by atoms with E-state index < -0.39 is 23.2 Å². The molecule has 0 saturated carbocycles. The smallest absolute Gasteiger partial charge is 0.417 e. The van der Waals surface area contributed by atoms with Gasteiger partial charge in [0.2, 0.25) is 5.75 Å². The van der Waals surface area contributed by atoms with Crippen molar-refractivity contribution in [2.75, 3.05) is 5.32 Å². The Labute approximate surface area is 249 Å². The molecule has 4 heterocycles. The minimum Gasteiger partial charge on any atom is -0.455 e. The molecular formula is C31H26FN7O5. The van der Waals surface area contributed by atoms with Gasteiger partial charge in [-0.2, -0.15) is 5.10 Å². The average molecular weight is 596 g/mol. The van der Waals surface area contributed by atoms with E-state index in [-0.39, 0.29) is 17.5 Å². The summed E-state index contributed by atoms with van der Waals surface area (Å²) in [6.45, 7) is 3.47. The summed E-state index contributed by atoms with van der Waals surface area (Å²) in [5.74, 6) is 0.153. The molecule has 1 amide bonds. The Morgan fingerprint density at radius 2 is 1.70 bits per heavy atom. The van der Waals surface area contributed by atoms with Crippen LogP contribution in [0.3, 0.4) is 0 Å². The van der Waals surface area contributed by atoms with Crippen molar-refractivity contribution in [3.63, 3.8) is 0 Å². The van der Waals surface area contributed by atoms with Crippen molar-refractivity contribution in [3.05, 3.63) is 118 Å². The molecule has 6 rings (SSSR count). The van der Waals surface area contributed by atoms with Gasteiger partial charge >= 0.3 is 17.3 Å². The molecule has 4 aromatic heterocycles. The van der Waals surface area contributed by atoms with Crippen LogP contribution in [-0.2, 0) is 7.05 Å². The summed E-state index contributed by atoms with van der Waals surface area (Å²) in [5.41, 5.74) is 1.33. The highest BCUT2D eigenvalue weighted by Crippen LogP contribution is 2.31. The van der Waals surface area contributed by atoms with Crippen molar-refractivity contribution in [1.82, 2.24) is 28.3 Å². The number of amides is 1. The van der Waals surface area contributed by atoms with Gasteiger partial charge < -0.3 is 14.0 Å². The molecule has 0 saturated heterocycles. The van der Waals surface area contributed by atoms with Crippen molar-refractivity contribution in [2.24, 2.45) is 7.05 Å². The van der Waals surface area contributed by atoms with Crippen LogP contribution < -0.4 is 26.0 Å². The van der Waals surface area contributed by atoms with Gasteiger partial charge in [-0.15, -0.1) is 0 Å². The van der Waals surface area contributed by atoms with Gasteiger partial charge in [0.05, 0.1) is 30.1 Å². The number of hydrogen-bond donors (Lipinski definition) is 1. The number of aromatic nitrogens is 6. The fourth-order valence-corrected chi connectivity index (χ4v) is 4.56. The topological polar surface area (TPSA) is 127 Å². The lowest BCUT2D eigenvalue weighted by Crippen LogP contribution is -2.40. The lowest BCUT2D eigenvalue weighted by Gasteiger charge is -2.15. The van der Waals surface area contributed by atoms with E-state index in [1.54, 1.807) is 55.2 Å². The fraction of sp³-hybridized carbons (Fsp3) is 0.129. The van der Waals surface area contributed by atoms with Gasteiger partial charge in [-0.1, -0.05) is 0 Å². The molecule has 0 spiro atoms. The lowest BCUT2D eigenvalue weighted by molar-refractivity contribution is 0.213. The number of nitrogens with one attached hydrogen (secondary N) is 1. The molecule has 0 bridgehead atoms. The van der Waals surface area contributed by atoms with Crippen LogP contribution in [0.15, 0.2) is 101 Å². The van der Waals surface area contributed by atoms with E-state index in [9.17, 15) is 18.8 Å². The molecule has 13 heteroatoms. The van der Waals surface area contributed by atoms with Gasteiger partial charge in [0.15, 0.2) is 5.75 Å². The van der Waals surface area contributed by atoms with Crippen molar-refractivity contribution in [2.45, 2.75) is 19.9 Å². The van der Waals surface area contributed by atoms with E-state index >= 15 is 0 Å². The van der Waals surface area contributed by atoms with E-state index in [1.807, 2.05) is 36.1 Å². The number of halogens is 1. The van der Waals surface area contributed by atoms with Crippen molar-refractivity contribution >= 4 is 17.3 Å². The Kier molecular flexibility index (Phi) is 7.27. The summed E-state index contributed by atoms with van der Waals surface area (Å²) in [6.07, 6.45) is 7.38. The zero-order valence-electron chi connectivity index (χ0n) is 23.8. The highest BCUT2D eigenvalue weighted by molar-refractivity contribution is 5.86. The zero-order chi connectivity index (χ0) is 31.0. The molecular weight excluding hydrogens is 569 g/mol. The maximum atomic E-state index is 13.5. The van der Waals surface area contributed by atoms with E-state index in [0.29, 0.717) is 17.2 Å². The first-order chi connectivity index (χ1) is 21.2. The van der Waals surface area contributed by atoms with Gasteiger partial charge in [0.1, 0.15) is 17.1 Å². The molecule has 0 unspecified atom stereocenters. The molecule has 0 radical (unpaired) electrons. The highest BCUT2D eigenvalue weighted by atomic mass is 19.1. The lowest BCUT2D eigenvalue weighted by atomic mass is 10.2. The summed E-state index contributed by atoms with van der Waals surface area (Å²) < 4.78 is 30.6. The number of hydrogen-bond acceptors (Lipinski definition) is 7. The number of anilines is 1. The number of nitrogens with zero attached hydrogens (tertiary/aromatic N) is 6. The summed E-state index contributed by atoms with van der Waals surface area (Å²) in [7, 11) is 1.89. The number of carbonyl (C=O) groups excluding carboxylic acids is 1. The SMILES string of the molecule is CC(C)n1cc(OC(=O)Nc2ccc(Oc3cc(-c4cn(C)cn4)cn4nccc34)cc2)c(=O)n(-c2ccc(F)cc2)c1=O. The summed E-state index contributed by atoms with van der Waals surface area (Å²) >= 11 is 0. The maximum absolute atomic E-state index is 13.5. The Balaban J connectivity index is 1.21. The third-order valence-corrected chi connectivity index (χ3v) is 6.73. The Morgan fingerprint density at radius 1 is 0.955 bits per heavy atom. The van der Waals surface area contributed by atoms with Crippen LogP contribution in [0.25, 0.3) is 22.5 Å². The third-order valence-electron chi connectivity index (χ3n) is 6.73. The molecule has 12 nitrogen and oxygen atoms in total. The number of ether oxygens (including phenoxy) is 2. The Morgan fingerprint density at radius 3 is 2.39 bits per heavy atom. The summed E-state index contributed by atoms with van der Waals surface area (Å²) in [4.78, 5) is 43.4. The van der Waals surface area contributed by atoms with Crippen LogP contribution in [-0.4, -0.2) is 34.4 Å². The number of imidazole rings is 1. The minimum atomic E-state index is -0.945. The third kappa shape index (κ3) is 5.57. The largest absolute Gasteiger partial charge is 0.455 e. The van der Waals surface area contributed by atoms with E-state index in [4.69, 9.17) is 9.47 Å². The molecule has 0 fully saturated rings. The number of pyridine rings is 1. The van der Waals surface area contributed by atoms with Crippen LogP contribution in [0.1, 0.15) is 19.9 Å². The number of rotatable bonds is 7. The number of carbonyl (C=O) groups is 1. The Hall–Kier alpha value is -5.98. The van der Waals surface area contributed by atoms with Crippen LogP contribution >= 0.6 is 0 Å². The van der Waals surface area contributed by atoms with Crippen LogP contribution in [0.5, 0.6) is 17.2 Å². The van der Waals surface area contributed by atoms with Crippen LogP contribution in [0.4, 0.5) is 14.9 Å². The van der Waals surface area contributed by atoms with Gasteiger partial charge in [-0.05, 0) is 74.5 Å². The second-order valence-electron chi connectivity index (χ2n) is 10.2. The van der Waals surface area contributed by atoms with Crippen molar-refractivity contribution in [1.29, 1.82) is 0 Å². The van der Waals surface area contributed by atoms with Gasteiger partial charge in [0.25, 0.3) is 0 Å². The average Bonchev–Trinajstić information content (AvgIpc) is 3.65. The second-order valence-corrected chi connectivity index (χ2v) is 10.2. The number of fused-ring (bicyclic) bond motifs is 1. The first-order valence-corrected chi connectivity index (χ1v) is 13.5. The minimum absolute atomic E-state index is 0.135. The zero-order valence-corrected chi connectivity index (χ0v) is 23.8. The summed E-state index contributed by atoms with van der Waals surface area (Å²) in [6, 6.07) is 14.7. The predicted molar refractivity (Wildman–Crippen MR) is 160 cm³/mol. The molecule has 0 atom stereocenters. The molecule has 0 aliphatic carbocycles. The first kappa shape index (κ1) is 28.2. The van der Waals surface area contributed by atoms with Gasteiger partial charge in [-0.25, -0.2) is 28.0 Å². The van der Waals surface area contributed by atoms with E-state index in [1.165, 1.54) is 22.9 Å². The Bertz CT molecular complexity index is 2110. The number of benzene rings is 2. The second kappa shape index (κ2) is 11.4. The standard InChI is InChI=1S/C31H26FN7O5/c1-19(2)37-17-28(29(40)39(31(37)42)23-8-4-21(32)5-9-23)44-30(41)35-22-6-10-24(11-7-22)43-27-14-20(25-16-36(3)18-33-25)15-38-26(27)12-13-34-38/h4-19H,1-3H3,(H,35,41). The van der Waals surface area contributed by atoms with Crippen LogP contribution in [0.2, 0.25) is 0 Å². The van der Waals surface area contributed by atoms with Crippen LogP contribution in [0, 0.1) is 5.82 Å². The quantitative estimate of drug-likeness (QED) is 0.270.